The monoisotopic (exact) mass is 327 g/mol. The van der Waals surface area contributed by atoms with Crippen molar-refractivity contribution in [3.63, 3.8) is 0 Å². The molecule has 2 aromatic rings. The molecule has 0 spiro atoms. The van der Waals surface area contributed by atoms with Crippen LogP contribution in [0.25, 0.3) is 0 Å². The number of benzene rings is 2. The van der Waals surface area contributed by atoms with E-state index in [1.807, 2.05) is 48.5 Å². The van der Waals surface area contributed by atoms with E-state index in [0.717, 1.165) is 11.3 Å². The molecule has 1 amide bonds. The van der Waals surface area contributed by atoms with Gasteiger partial charge in [-0.1, -0.05) is 36.4 Å². The molecule has 0 aliphatic heterocycles. The average molecular weight is 327 g/mol. The molecule has 0 saturated carbocycles. The van der Waals surface area contributed by atoms with Gasteiger partial charge in [-0.3, -0.25) is 9.59 Å². The Balaban J connectivity index is 2.01. The average Bonchev–Trinajstić information content (AvgIpc) is 2.60. The van der Waals surface area contributed by atoms with Crippen LogP contribution in [0.1, 0.15) is 28.8 Å². The number of hydrogen-bond acceptors (Lipinski definition) is 3. The Labute approximate surface area is 141 Å². The summed E-state index contributed by atoms with van der Waals surface area (Å²) in [6.07, 6.45) is 0.483. The summed E-state index contributed by atoms with van der Waals surface area (Å²) in [6, 6.07) is 16.7. The van der Waals surface area contributed by atoms with Crippen LogP contribution in [0.4, 0.5) is 0 Å². The van der Waals surface area contributed by atoms with Crippen molar-refractivity contribution in [1.29, 1.82) is 0 Å². The molecule has 2 rings (SSSR count). The number of ether oxygens (including phenoxy) is 1. The summed E-state index contributed by atoms with van der Waals surface area (Å²) in [5.74, 6) is -0.241. The van der Waals surface area contributed by atoms with Crippen molar-refractivity contribution < 1.29 is 19.4 Å². The van der Waals surface area contributed by atoms with Crippen LogP contribution in [0, 0.1) is 0 Å². The second-order valence-electron chi connectivity index (χ2n) is 5.48. The van der Waals surface area contributed by atoms with Crippen LogP contribution in [-0.4, -0.2) is 35.5 Å². The molecule has 1 N–H and O–H groups in total. The van der Waals surface area contributed by atoms with Crippen LogP contribution in [0.3, 0.4) is 0 Å². The van der Waals surface area contributed by atoms with Gasteiger partial charge in [0.05, 0.1) is 0 Å². The quantitative estimate of drug-likeness (QED) is 0.808. The van der Waals surface area contributed by atoms with Gasteiger partial charge in [-0.25, -0.2) is 0 Å². The number of nitrogens with zero attached hydrogens (tertiary/aromatic N) is 1. The zero-order valence-electron chi connectivity index (χ0n) is 13.6. The van der Waals surface area contributed by atoms with Crippen molar-refractivity contribution in [2.75, 3.05) is 13.6 Å². The summed E-state index contributed by atoms with van der Waals surface area (Å²) < 4.78 is 5.73. The molecule has 0 bridgehead atoms. The summed E-state index contributed by atoms with van der Waals surface area (Å²) in [5, 5.41) is 8.68. The zero-order chi connectivity index (χ0) is 17.4. The Morgan fingerprint density at radius 1 is 1.04 bits per heavy atom. The maximum absolute atomic E-state index is 12.6. The van der Waals surface area contributed by atoms with Crippen molar-refractivity contribution in [2.45, 2.75) is 19.4 Å². The largest absolute Gasteiger partial charge is 0.489 e. The first-order valence-electron chi connectivity index (χ1n) is 7.81. The minimum Gasteiger partial charge on any atom is -0.489 e. The Morgan fingerprint density at radius 2 is 1.71 bits per heavy atom. The summed E-state index contributed by atoms with van der Waals surface area (Å²) >= 11 is 0. The topological polar surface area (TPSA) is 66.8 Å². The lowest BCUT2D eigenvalue weighted by Gasteiger charge is -2.19. The minimum atomic E-state index is -0.854. The van der Waals surface area contributed by atoms with Crippen molar-refractivity contribution in [1.82, 2.24) is 4.90 Å². The Bertz CT molecular complexity index is 685. The molecule has 5 heteroatoms. The van der Waals surface area contributed by atoms with Gasteiger partial charge >= 0.3 is 5.97 Å². The lowest BCUT2D eigenvalue weighted by atomic mass is 10.1. The van der Waals surface area contributed by atoms with Gasteiger partial charge < -0.3 is 14.7 Å². The van der Waals surface area contributed by atoms with Crippen LogP contribution >= 0.6 is 0 Å². The van der Waals surface area contributed by atoms with E-state index >= 15 is 0 Å². The zero-order valence-corrected chi connectivity index (χ0v) is 13.6. The van der Waals surface area contributed by atoms with E-state index in [-0.39, 0.29) is 12.3 Å². The van der Waals surface area contributed by atoms with Gasteiger partial charge in [0.1, 0.15) is 12.4 Å². The van der Waals surface area contributed by atoms with Crippen molar-refractivity contribution in [2.24, 2.45) is 0 Å². The normalized spacial score (nSPS) is 10.2. The SMILES string of the molecule is CN(CCCC(=O)O)C(=O)c1ccccc1COc1ccccc1. The molecule has 0 heterocycles. The molecule has 5 nitrogen and oxygen atoms in total. The molecule has 0 aromatic heterocycles. The number of carbonyl (C=O) groups excluding carboxylic acids is 1. The first-order chi connectivity index (χ1) is 11.6. The highest BCUT2D eigenvalue weighted by Gasteiger charge is 2.15. The van der Waals surface area contributed by atoms with Gasteiger partial charge in [0.15, 0.2) is 0 Å². The van der Waals surface area contributed by atoms with E-state index in [1.165, 1.54) is 0 Å². The first kappa shape index (κ1) is 17.5. The van der Waals surface area contributed by atoms with Crippen molar-refractivity contribution >= 4 is 11.9 Å². The Kier molecular flexibility index (Phi) is 6.37. The molecule has 2 aromatic carbocycles. The van der Waals surface area contributed by atoms with Crippen LogP contribution in [0.15, 0.2) is 54.6 Å². The second kappa shape index (κ2) is 8.72. The molecule has 0 saturated heterocycles. The second-order valence-corrected chi connectivity index (χ2v) is 5.48. The van der Waals surface area contributed by atoms with Crippen LogP contribution < -0.4 is 4.74 Å². The molecule has 24 heavy (non-hydrogen) atoms. The molecule has 0 aliphatic rings. The third-order valence-electron chi connectivity index (χ3n) is 3.62. The predicted octanol–water partition coefficient (Wildman–Crippen LogP) is 3.20. The standard InChI is InChI=1S/C19H21NO4/c1-20(13-7-12-18(21)22)19(23)17-11-6-5-8-15(17)14-24-16-9-3-2-4-10-16/h2-6,8-11H,7,12-14H2,1H3,(H,21,22). The molecule has 0 unspecified atom stereocenters. The van der Waals surface area contributed by atoms with E-state index in [9.17, 15) is 9.59 Å². The number of carbonyl (C=O) groups is 2. The van der Waals surface area contributed by atoms with Gasteiger partial charge in [-0.2, -0.15) is 0 Å². The highest BCUT2D eigenvalue weighted by molar-refractivity contribution is 5.95. The summed E-state index contributed by atoms with van der Waals surface area (Å²) in [4.78, 5) is 24.7. The lowest BCUT2D eigenvalue weighted by molar-refractivity contribution is -0.137. The lowest BCUT2D eigenvalue weighted by Crippen LogP contribution is -2.29. The summed E-state index contributed by atoms with van der Waals surface area (Å²) in [6.45, 7) is 0.702. The van der Waals surface area contributed by atoms with Crippen LogP contribution in [0.5, 0.6) is 5.75 Å². The van der Waals surface area contributed by atoms with Gasteiger partial charge in [-0.05, 0) is 24.6 Å². The molecule has 126 valence electrons. The van der Waals surface area contributed by atoms with Gasteiger partial charge in [0.2, 0.25) is 0 Å². The first-order valence-corrected chi connectivity index (χ1v) is 7.81. The van der Waals surface area contributed by atoms with E-state index in [1.54, 1.807) is 18.0 Å². The maximum atomic E-state index is 12.6. The van der Waals surface area contributed by atoms with Crippen molar-refractivity contribution in [3.8, 4) is 5.75 Å². The number of carboxylic acid groups (broad SMARTS) is 1. The van der Waals surface area contributed by atoms with Gasteiger partial charge in [0.25, 0.3) is 5.91 Å². The summed E-state index contributed by atoms with van der Waals surface area (Å²) in [7, 11) is 1.68. The van der Waals surface area contributed by atoms with Gasteiger partial charge in [-0.15, -0.1) is 0 Å². The summed E-state index contributed by atoms with van der Waals surface area (Å²) in [5.41, 5.74) is 1.38. The number of hydrogen-bond donors (Lipinski definition) is 1. The molecular formula is C19H21NO4. The molecule has 0 aliphatic carbocycles. The highest BCUT2D eigenvalue weighted by atomic mass is 16.5. The highest BCUT2D eigenvalue weighted by Crippen LogP contribution is 2.16. The molecule has 0 radical (unpaired) electrons. The Hall–Kier alpha value is -2.82. The number of aliphatic carboxylic acids is 1. The van der Waals surface area contributed by atoms with Crippen molar-refractivity contribution in [3.05, 3.63) is 65.7 Å². The number of carboxylic acids is 1. The Morgan fingerprint density at radius 3 is 2.42 bits per heavy atom. The number of para-hydroxylation sites is 1. The minimum absolute atomic E-state index is 0.0520. The fourth-order valence-electron chi connectivity index (χ4n) is 2.31. The third kappa shape index (κ3) is 5.12. The fraction of sp³-hybridized carbons (Fsp3) is 0.263. The number of rotatable bonds is 8. The molecule has 0 atom stereocenters. The smallest absolute Gasteiger partial charge is 0.303 e. The maximum Gasteiger partial charge on any atom is 0.303 e. The fourth-order valence-corrected chi connectivity index (χ4v) is 2.31. The molecular weight excluding hydrogens is 306 g/mol. The number of amides is 1. The third-order valence-corrected chi connectivity index (χ3v) is 3.62. The predicted molar refractivity (Wildman–Crippen MR) is 91.0 cm³/mol. The van der Waals surface area contributed by atoms with E-state index < -0.39 is 5.97 Å². The molecule has 0 fully saturated rings. The van der Waals surface area contributed by atoms with E-state index in [4.69, 9.17) is 9.84 Å². The van der Waals surface area contributed by atoms with Gasteiger partial charge in [0, 0.05) is 31.1 Å². The van der Waals surface area contributed by atoms with E-state index in [0.29, 0.717) is 25.1 Å². The van der Waals surface area contributed by atoms with E-state index in [2.05, 4.69) is 0 Å². The van der Waals surface area contributed by atoms with Crippen LogP contribution in [-0.2, 0) is 11.4 Å². The van der Waals surface area contributed by atoms with Crippen LogP contribution in [0.2, 0.25) is 0 Å².